The number of carbonyl (C=O) groups is 2. The largest absolute Gasteiger partial charge is 0.325 e. The number of unbranched alkanes of at least 4 members (excludes halogenated alkanes) is 4. The van der Waals surface area contributed by atoms with Crippen molar-refractivity contribution in [2.75, 3.05) is 5.32 Å². The molecule has 3 heteroatoms. The molecule has 114 valence electrons. The van der Waals surface area contributed by atoms with E-state index >= 15 is 0 Å². The van der Waals surface area contributed by atoms with Crippen molar-refractivity contribution in [2.45, 2.75) is 64.7 Å². The van der Waals surface area contributed by atoms with Crippen LogP contribution in [0, 0.1) is 0 Å². The summed E-state index contributed by atoms with van der Waals surface area (Å²) in [6.07, 6.45) is 6.35. The lowest BCUT2D eigenvalue weighted by Crippen LogP contribution is -2.27. The molecular weight excluding hydrogens is 262 g/mol. The van der Waals surface area contributed by atoms with Crippen molar-refractivity contribution in [2.24, 2.45) is 0 Å². The summed E-state index contributed by atoms with van der Waals surface area (Å²) in [5.74, 6) is 0.186. The molecule has 0 unspecified atom stereocenters. The Bertz CT molecular complexity index is 546. The zero-order valence-corrected chi connectivity index (χ0v) is 13.3. The average molecular weight is 287 g/mol. The first-order chi connectivity index (χ1) is 9.96. The molecule has 2 rings (SSSR count). The Labute approximate surface area is 127 Å². The molecule has 0 fully saturated rings. The predicted molar refractivity (Wildman–Crippen MR) is 85.8 cm³/mol. The number of amides is 1. The highest BCUT2D eigenvalue weighted by atomic mass is 16.2. The number of carbonyl (C=O) groups excluding carboxylic acids is 2. The molecular formula is C18H25NO2. The number of rotatable bonds is 7. The lowest BCUT2D eigenvalue weighted by Gasteiger charge is -2.15. The third-order valence-electron chi connectivity index (χ3n) is 4.34. The maximum absolute atomic E-state index is 12.3. The van der Waals surface area contributed by atoms with Crippen LogP contribution in [0.3, 0.4) is 0 Å². The van der Waals surface area contributed by atoms with E-state index in [1.165, 1.54) is 19.3 Å². The van der Waals surface area contributed by atoms with Gasteiger partial charge < -0.3 is 5.32 Å². The highest BCUT2D eigenvalue weighted by Gasteiger charge is 2.38. The predicted octanol–water partition coefficient (Wildman–Crippen LogP) is 4.46. The van der Waals surface area contributed by atoms with Crippen LogP contribution in [0.1, 0.15) is 75.2 Å². The number of ketones is 1. The van der Waals surface area contributed by atoms with E-state index in [0.29, 0.717) is 6.42 Å². The Balaban J connectivity index is 2.01. The van der Waals surface area contributed by atoms with Crippen LogP contribution in [0.15, 0.2) is 18.2 Å². The van der Waals surface area contributed by atoms with Crippen LogP contribution >= 0.6 is 0 Å². The fourth-order valence-corrected chi connectivity index (χ4v) is 2.78. The van der Waals surface area contributed by atoms with Gasteiger partial charge in [-0.25, -0.2) is 0 Å². The standard InChI is InChI=1S/C18H25NO2/c1-4-5-6-7-8-9-16(20)13-10-11-15-14(12-13)18(2,3)17(21)19-15/h10-12H,4-9H2,1-3H3,(H,19,21). The third-order valence-corrected chi connectivity index (χ3v) is 4.34. The molecule has 1 aromatic rings. The number of hydrogen-bond donors (Lipinski definition) is 1. The van der Waals surface area contributed by atoms with E-state index in [1.807, 2.05) is 32.0 Å². The fraction of sp³-hybridized carbons (Fsp3) is 0.556. The molecule has 0 aromatic heterocycles. The van der Waals surface area contributed by atoms with E-state index in [2.05, 4.69) is 12.2 Å². The van der Waals surface area contributed by atoms with Crippen molar-refractivity contribution in [1.29, 1.82) is 0 Å². The van der Waals surface area contributed by atoms with Gasteiger partial charge in [-0.3, -0.25) is 9.59 Å². The fourth-order valence-electron chi connectivity index (χ4n) is 2.78. The van der Waals surface area contributed by atoms with Gasteiger partial charge in [0.15, 0.2) is 5.78 Å². The van der Waals surface area contributed by atoms with Crippen molar-refractivity contribution in [1.82, 2.24) is 0 Å². The second-order valence-electron chi connectivity index (χ2n) is 6.43. The van der Waals surface area contributed by atoms with E-state index in [4.69, 9.17) is 0 Å². The first kappa shape index (κ1) is 15.7. The minimum Gasteiger partial charge on any atom is -0.325 e. The van der Waals surface area contributed by atoms with Gasteiger partial charge in [-0.05, 0) is 44.0 Å². The SMILES string of the molecule is CCCCCCCC(=O)c1ccc2c(c1)C(C)(C)C(=O)N2. The molecule has 0 aliphatic carbocycles. The van der Waals surface area contributed by atoms with E-state index in [9.17, 15) is 9.59 Å². The molecule has 3 nitrogen and oxygen atoms in total. The Morgan fingerprint density at radius 3 is 2.57 bits per heavy atom. The van der Waals surface area contributed by atoms with Crippen LogP contribution < -0.4 is 5.32 Å². The molecule has 21 heavy (non-hydrogen) atoms. The molecule has 0 saturated carbocycles. The number of fused-ring (bicyclic) bond motifs is 1. The van der Waals surface area contributed by atoms with Gasteiger partial charge in [0.05, 0.1) is 5.41 Å². The number of benzene rings is 1. The van der Waals surface area contributed by atoms with Crippen LogP contribution in [-0.2, 0) is 10.2 Å². The minimum absolute atomic E-state index is 0.00154. The van der Waals surface area contributed by atoms with E-state index in [-0.39, 0.29) is 11.7 Å². The number of hydrogen-bond acceptors (Lipinski definition) is 2. The summed E-state index contributed by atoms with van der Waals surface area (Å²) < 4.78 is 0. The van der Waals surface area contributed by atoms with Crippen LogP contribution in [0.2, 0.25) is 0 Å². The number of nitrogens with one attached hydrogen (secondary N) is 1. The highest BCUT2D eigenvalue weighted by molar-refractivity contribution is 6.07. The number of anilines is 1. The van der Waals surface area contributed by atoms with Gasteiger partial charge in [0.25, 0.3) is 0 Å². The van der Waals surface area contributed by atoms with Gasteiger partial charge in [0.2, 0.25) is 5.91 Å². The third kappa shape index (κ3) is 3.34. The Morgan fingerprint density at radius 1 is 1.14 bits per heavy atom. The van der Waals surface area contributed by atoms with Crippen molar-refractivity contribution in [3.05, 3.63) is 29.3 Å². The first-order valence-corrected chi connectivity index (χ1v) is 7.96. The Kier molecular flexibility index (Phi) is 4.81. The van der Waals surface area contributed by atoms with Crippen LogP contribution in [0.25, 0.3) is 0 Å². The van der Waals surface area contributed by atoms with E-state index in [0.717, 1.165) is 29.7 Å². The molecule has 0 atom stereocenters. The monoisotopic (exact) mass is 287 g/mol. The van der Waals surface area contributed by atoms with Crippen LogP contribution in [0.4, 0.5) is 5.69 Å². The van der Waals surface area contributed by atoms with Gasteiger partial charge in [-0.15, -0.1) is 0 Å². The van der Waals surface area contributed by atoms with Gasteiger partial charge in [0, 0.05) is 17.7 Å². The molecule has 1 aliphatic heterocycles. The van der Waals surface area contributed by atoms with Crippen molar-refractivity contribution in [3.8, 4) is 0 Å². The summed E-state index contributed by atoms with van der Waals surface area (Å²) in [5.41, 5.74) is 1.95. The van der Waals surface area contributed by atoms with Gasteiger partial charge in [0.1, 0.15) is 0 Å². The second-order valence-corrected chi connectivity index (χ2v) is 6.43. The minimum atomic E-state index is -0.549. The summed E-state index contributed by atoms with van der Waals surface area (Å²) in [7, 11) is 0. The summed E-state index contributed by atoms with van der Waals surface area (Å²) in [6.45, 7) is 5.98. The van der Waals surface area contributed by atoms with E-state index < -0.39 is 5.41 Å². The summed E-state index contributed by atoms with van der Waals surface area (Å²) in [5, 5.41) is 2.87. The second kappa shape index (κ2) is 6.42. The first-order valence-electron chi connectivity index (χ1n) is 7.96. The topological polar surface area (TPSA) is 46.2 Å². The normalized spacial score (nSPS) is 15.7. The number of Topliss-reactive ketones (excluding diaryl/α,β-unsaturated/α-hetero) is 1. The lowest BCUT2D eigenvalue weighted by molar-refractivity contribution is -0.119. The molecule has 0 radical (unpaired) electrons. The van der Waals surface area contributed by atoms with Crippen LogP contribution in [0.5, 0.6) is 0 Å². The molecule has 1 heterocycles. The zero-order valence-electron chi connectivity index (χ0n) is 13.3. The highest BCUT2D eigenvalue weighted by Crippen LogP contribution is 2.37. The molecule has 1 N–H and O–H groups in total. The summed E-state index contributed by atoms with van der Waals surface area (Å²) in [4.78, 5) is 24.2. The Hall–Kier alpha value is -1.64. The molecule has 0 bridgehead atoms. The average Bonchev–Trinajstić information content (AvgIpc) is 2.68. The molecule has 0 spiro atoms. The van der Waals surface area contributed by atoms with E-state index in [1.54, 1.807) is 0 Å². The van der Waals surface area contributed by atoms with Crippen molar-refractivity contribution in [3.63, 3.8) is 0 Å². The summed E-state index contributed by atoms with van der Waals surface area (Å²) in [6, 6.07) is 5.57. The van der Waals surface area contributed by atoms with Crippen LogP contribution in [-0.4, -0.2) is 11.7 Å². The van der Waals surface area contributed by atoms with Gasteiger partial charge in [-0.2, -0.15) is 0 Å². The van der Waals surface area contributed by atoms with Gasteiger partial charge >= 0.3 is 0 Å². The lowest BCUT2D eigenvalue weighted by atomic mass is 9.85. The zero-order chi connectivity index (χ0) is 15.5. The smallest absolute Gasteiger partial charge is 0.234 e. The quantitative estimate of drug-likeness (QED) is 0.594. The molecule has 1 aliphatic rings. The van der Waals surface area contributed by atoms with Crippen molar-refractivity contribution >= 4 is 17.4 Å². The summed E-state index contributed by atoms with van der Waals surface area (Å²) >= 11 is 0. The molecule has 1 aromatic carbocycles. The molecule has 0 saturated heterocycles. The maximum atomic E-state index is 12.3. The van der Waals surface area contributed by atoms with Gasteiger partial charge in [-0.1, -0.05) is 32.6 Å². The molecule has 1 amide bonds. The maximum Gasteiger partial charge on any atom is 0.234 e. The van der Waals surface area contributed by atoms with Crippen molar-refractivity contribution < 1.29 is 9.59 Å². The Morgan fingerprint density at radius 2 is 1.86 bits per heavy atom.